The van der Waals surface area contributed by atoms with Gasteiger partial charge in [0.1, 0.15) is 0 Å². The summed E-state index contributed by atoms with van der Waals surface area (Å²) >= 11 is 0. The summed E-state index contributed by atoms with van der Waals surface area (Å²) in [5, 5.41) is 4.09. The van der Waals surface area contributed by atoms with Crippen molar-refractivity contribution in [2.75, 3.05) is 5.84 Å². The summed E-state index contributed by atoms with van der Waals surface area (Å²) in [5.41, 5.74) is 2.16. The molecule has 0 unspecified atom stereocenters. The molecular formula is C7H13N3. The zero-order chi connectivity index (χ0) is 7.56. The fraction of sp³-hybridized carbons (Fsp3) is 0.571. The van der Waals surface area contributed by atoms with E-state index < -0.39 is 0 Å². The summed E-state index contributed by atoms with van der Waals surface area (Å²) in [6.07, 6.45) is 1.90. The number of aryl methyl sites for hydroxylation is 2. The first-order chi connectivity index (χ1) is 4.77. The largest absolute Gasteiger partial charge is 0.323 e. The van der Waals surface area contributed by atoms with Crippen LogP contribution in [0.25, 0.3) is 0 Å². The lowest BCUT2D eigenvalue weighted by atomic mass is 10.3. The van der Waals surface area contributed by atoms with Crippen LogP contribution in [-0.4, -0.2) is 9.89 Å². The fourth-order valence-electron chi connectivity index (χ4n) is 0.927. The second-order valence-electron chi connectivity index (χ2n) is 2.28. The van der Waals surface area contributed by atoms with Crippen molar-refractivity contribution in [1.82, 2.24) is 9.89 Å². The van der Waals surface area contributed by atoms with Gasteiger partial charge in [0.15, 0.2) is 0 Å². The lowest BCUT2D eigenvalue weighted by Gasteiger charge is -1.93. The van der Waals surface area contributed by atoms with Crippen LogP contribution in [0, 0.1) is 0 Å². The van der Waals surface area contributed by atoms with E-state index in [1.165, 1.54) is 4.79 Å². The molecule has 0 bridgehead atoms. The molecule has 1 heterocycles. The van der Waals surface area contributed by atoms with Crippen LogP contribution in [0.5, 0.6) is 0 Å². The van der Waals surface area contributed by atoms with Crippen LogP contribution in [0.1, 0.15) is 25.2 Å². The smallest absolute Gasteiger partial charge is 0.0645 e. The van der Waals surface area contributed by atoms with Gasteiger partial charge in [-0.1, -0.05) is 13.8 Å². The molecule has 3 heteroatoms. The number of rotatable bonds is 2. The maximum Gasteiger partial charge on any atom is 0.0645 e. The van der Waals surface area contributed by atoms with E-state index in [4.69, 9.17) is 5.84 Å². The molecule has 0 fully saturated rings. The van der Waals surface area contributed by atoms with Crippen LogP contribution in [0.4, 0.5) is 0 Å². The highest BCUT2D eigenvalue weighted by Gasteiger charge is 2.00. The summed E-state index contributed by atoms with van der Waals surface area (Å²) in [4.78, 5) is 1.46. The first-order valence-electron chi connectivity index (χ1n) is 3.60. The Morgan fingerprint density at radius 3 is 2.50 bits per heavy atom. The normalized spacial score (nSPS) is 10.2. The van der Waals surface area contributed by atoms with Crippen molar-refractivity contribution in [3.05, 3.63) is 17.5 Å². The van der Waals surface area contributed by atoms with Gasteiger partial charge in [0.25, 0.3) is 0 Å². The second kappa shape index (κ2) is 2.73. The zero-order valence-corrected chi connectivity index (χ0v) is 6.46. The van der Waals surface area contributed by atoms with Gasteiger partial charge < -0.3 is 5.84 Å². The molecule has 0 spiro atoms. The van der Waals surface area contributed by atoms with Gasteiger partial charge in [-0.2, -0.15) is 9.89 Å². The molecule has 0 aliphatic heterocycles. The molecule has 0 saturated heterocycles. The average molecular weight is 139 g/mol. The highest BCUT2D eigenvalue weighted by atomic mass is 15.5. The summed E-state index contributed by atoms with van der Waals surface area (Å²) < 4.78 is 0. The summed E-state index contributed by atoms with van der Waals surface area (Å²) in [5.74, 6) is 5.53. The van der Waals surface area contributed by atoms with E-state index in [1.807, 2.05) is 6.07 Å². The van der Waals surface area contributed by atoms with Crippen LogP contribution >= 0.6 is 0 Å². The molecule has 0 atom stereocenters. The third-order valence-electron chi connectivity index (χ3n) is 1.59. The van der Waals surface area contributed by atoms with Crippen molar-refractivity contribution in [1.29, 1.82) is 0 Å². The number of hydrogen-bond donors (Lipinski definition) is 1. The summed E-state index contributed by atoms with van der Waals surface area (Å²) in [6, 6.07) is 2.04. The molecule has 1 aromatic heterocycles. The third-order valence-corrected chi connectivity index (χ3v) is 1.59. The molecule has 0 aliphatic rings. The quantitative estimate of drug-likeness (QED) is 0.613. The Kier molecular flexibility index (Phi) is 1.94. The third kappa shape index (κ3) is 1.12. The molecule has 1 aromatic rings. The minimum Gasteiger partial charge on any atom is -0.323 e. The molecule has 0 aromatic carbocycles. The number of aromatic nitrogens is 2. The van der Waals surface area contributed by atoms with Gasteiger partial charge in [0.05, 0.1) is 11.4 Å². The average Bonchev–Trinajstić information content (AvgIpc) is 2.30. The number of nitrogens with two attached hydrogens (primary N) is 1. The molecule has 0 radical (unpaired) electrons. The van der Waals surface area contributed by atoms with Crippen LogP contribution in [0.2, 0.25) is 0 Å². The molecule has 1 rings (SSSR count). The number of hydrogen-bond acceptors (Lipinski definition) is 2. The SMILES string of the molecule is CCc1cc(CC)n(N)n1. The van der Waals surface area contributed by atoms with Gasteiger partial charge in [-0.25, -0.2) is 0 Å². The Bertz CT molecular complexity index is 215. The van der Waals surface area contributed by atoms with Crippen molar-refractivity contribution in [3.63, 3.8) is 0 Å². The highest BCUT2D eigenvalue weighted by Crippen LogP contribution is 2.01. The first-order valence-corrected chi connectivity index (χ1v) is 3.60. The Labute approximate surface area is 60.8 Å². The molecule has 3 nitrogen and oxygen atoms in total. The van der Waals surface area contributed by atoms with E-state index in [9.17, 15) is 0 Å². The Hall–Kier alpha value is -0.990. The predicted molar refractivity (Wildman–Crippen MR) is 41.1 cm³/mol. The van der Waals surface area contributed by atoms with Gasteiger partial charge in [-0.3, -0.25) is 0 Å². The van der Waals surface area contributed by atoms with E-state index in [1.54, 1.807) is 0 Å². The molecule has 0 saturated carbocycles. The van der Waals surface area contributed by atoms with E-state index in [2.05, 4.69) is 18.9 Å². The highest BCUT2D eigenvalue weighted by molar-refractivity contribution is 5.09. The lowest BCUT2D eigenvalue weighted by Crippen LogP contribution is -2.13. The maximum absolute atomic E-state index is 5.53. The predicted octanol–water partition coefficient (Wildman–Crippen LogP) is 0.722. The van der Waals surface area contributed by atoms with Crippen LogP contribution in [-0.2, 0) is 12.8 Å². The summed E-state index contributed by atoms with van der Waals surface area (Å²) in [7, 11) is 0. The summed E-state index contributed by atoms with van der Waals surface area (Å²) in [6.45, 7) is 4.14. The van der Waals surface area contributed by atoms with E-state index in [0.29, 0.717) is 0 Å². The van der Waals surface area contributed by atoms with Gasteiger partial charge in [0.2, 0.25) is 0 Å². The number of nitrogen functional groups attached to an aromatic ring is 1. The van der Waals surface area contributed by atoms with Crippen molar-refractivity contribution in [2.45, 2.75) is 26.7 Å². The van der Waals surface area contributed by atoms with Crippen molar-refractivity contribution in [3.8, 4) is 0 Å². The molecule has 10 heavy (non-hydrogen) atoms. The molecular weight excluding hydrogens is 126 g/mol. The molecule has 2 N–H and O–H groups in total. The maximum atomic E-state index is 5.53. The Morgan fingerprint density at radius 1 is 1.50 bits per heavy atom. The molecule has 56 valence electrons. The van der Waals surface area contributed by atoms with Crippen molar-refractivity contribution < 1.29 is 0 Å². The van der Waals surface area contributed by atoms with Crippen LogP contribution in [0.15, 0.2) is 6.07 Å². The van der Waals surface area contributed by atoms with Gasteiger partial charge in [0, 0.05) is 0 Å². The second-order valence-corrected chi connectivity index (χ2v) is 2.28. The fourth-order valence-corrected chi connectivity index (χ4v) is 0.927. The monoisotopic (exact) mass is 139 g/mol. The Balaban J connectivity index is 2.92. The minimum absolute atomic E-state index is 0.948. The topological polar surface area (TPSA) is 43.8 Å². The Morgan fingerprint density at radius 2 is 2.20 bits per heavy atom. The van der Waals surface area contributed by atoms with E-state index in [-0.39, 0.29) is 0 Å². The number of nitrogens with zero attached hydrogens (tertiary/aromatic N) is 2. The van der Waals surface area contributed by atoms with Crippen LogP contribution in [0.3, 0.4) is 0 Å². The van der Waals surface area contributed by atoms with E-state index >= 15 is 0 Å². The standard InChI is InChI=1S/C7H13N3/c1-3-6-5-7(4-2)10(8)9-6/h5H,3-4,8H2,1-2H3. The van der Waals surface area contributed by atoms with Gasteiger partial charge in [-0.15, -0.1) is 0 Å². The first kappa shape index (κ1) is 7.12. The minimum atomic E-state index is 0.948. The van der Waals surface area contributed by atoms with Gasteiger partial charge >= 0.3 is 0 Å². The van der Waals surface area contributed by atoms with Crippen molar-refractivity contribution in [2.24, 2.45) is 0 Å². The zero-order valence-electron chi connectivity index (χ0n) is 6.46. The van der Waals surface area contributed by atoms with Crippen molar-refractivity contribution >= 4 is 0 Å². The molecule has 0 aliphatic carbocycles. The van der Waals surface area contributed by atoms with E-state index in [0.717, 1.165) is 24.2 Å². The lowest BCUT2D eigenvalue weighted by molar-refractivity contribution is 0.755. The molecule has 0 amide bonds. The van der Waals surface area contributed by atoms with Gasteiger partial charge in [-0.05, 0) is 18.9 Å². The van der Waals surface area contributed by atoms with Crippen LogP contribution < -0.4 is 5.84 Å².